The largest absolute Gasteiger partial charge is 0.465 e. The fourth-order valence-corrected chi connectivity index (χ4v) is 2.75. The van der Waals surface area contributed by atoms with E-state index in [0.717, 1.165) is 16.7 Å². The van der Waals surface area contributed by atoms with Crippen molar-refractivity contribution >= 4 is 23.3 Å². The predicted octanol–water partition coefficient (Wildman–Crippen LogP) is 4.20. The third-order valence-electron chi connectivity index (χ3n) is 3.81. The molecule has 2 aromatic carbocycles. The molecule has 0 saturated carbocycles. The Balaban J connectivity index is 2.09. The number of hydrogen-bond donors (Lipinski definition) is 0. The molecule has 3 aromatic rings. The molecular weight excluding hydrogens is 362 g/mol. The number of esters is 1. The third-order valence-corrected chi connectivity index (χ3v) is 4.01. The molecule has 27 heavy (non-hydrogen) atoms. The Morgan fingerprint density at radius 1 is 1.00 bits per heavy atom. The molecule has 0 atom stereocenters. The zero-order valence-electron chi connectivity index (χ0n) is 14.8. The van der Waals surface area contributed by atoms with E-state index >= 15 is 0 Å². The summed E-state index contributed by atoms with van der Waals surface area (Å²) in [5.41, 5.74) is 3.97. The molecule has 0 amide bonds. The van der Waals surface area contributed by atoms with E-state index in [2.05, 4.69) is 15.2 Å². The van der Waals surface area contributed by atoms with Gasteiger partial charge in [-0.1, -0.05) is 66.2 Å². The van der Waals surface area contributed by atoms with Crippen LogP contribution in [-0.2, 0) is 9.53 Å². The number of hydrogen-bond acceptors (Lipinski definition) is 5. The number of halogens is 1. The topological polar surface area (TPSA) is 64.4 Å². The van der Waals surface area contributed by atoms with Crippen LogP contribution in [0.5, 0.6) is 0 Å². The minimum atomic E-state index is -0.366. The Bertz CT molecular complexity index is 941. The average Bonchev–Trinajstić information content (AvgIpc) is 2.70. The first kappa shape index (κ1) is 18.7. The van der Waals surface area contributed by atoms with Gasteiger partial charge in [0.2, 0.25) is 0 Å². The number of carbonyl (C=O) groups excluding carboxylic acids is 1. The fraction of sp³-hybridized carbons (Fsp3) is 0.143. The van der Waals surface area contributed by atoms with E-state index < -0.39 is 0 Å². The van der Waals surface area contributed by atoms with Crippen LogP contribution in [0.2, 0.25) is 5.15 Å². The van der Waals surface area contributed by atoms with Crippen molar-refractivity contribution in [3.8, 4) is 11.3 Å². The summed E-state index contributed by atoms with van der Waals surface area (Å²) in [5, 5.41) is 8.44. The van der Waals surface area contributed by atoms with E-state index in [1.54, 1.807) is 13.0 Å². The molecule has 1 aromatic heterocycles. The monoisotopic (exact) mass is 379 g/mol. The van der Waals surface area contributed by atoms with Gasteiger partial charge in [0, 0.05) is 16.7 Å². The van der Waals surface area contributed by atoms with Crippen LogP contribution in [0.4, 0.5) is 0 Å². The van der Waals surface area contributed by atoms with Crippen molar-refractivity contribution in [1.29, 1.82) is 0 Å². The molecule has 0 fully saturated rings. The van der Waals surface area contributed by atoms with Crippen molar-refractivity contribution in [2.75, 3.05) is 13.2 Å². The first-order valence-corrected chi connectivity index (χ1v) is 8.91. The number of ether oxygens (including phenoxy) is 1. The van der Waals surface area contributed by atoms with Crippen LogP contribution in [0.25, 0.3) is 11.3 Å². The van der Waals surface area contributed by atoms with Gasteiger partial charge in [-0.05, 0) is 19.1 Å². The van der Waals surface area contributed by atoms with Crippen molar-refractivity contribution in [2.24, 2.45) is 4.99 Å². The summed E-state index contributed by atoms with van der Waals surface area (Å²) < 4.78 is 5.01. The van der Waals surface area contributed by atoms with Gasteiger partial charge in [0.15, 0.2) is 5.15 Å². The molecule has 5 nitrogen and oxygen atoms in total. The van der Waals surface area contributed by atoms with Gasteiger partial charge in [-0.3, -0.25) is 9.79 Å². The summed E-state index contributed by atoms with van der Waals surface area (Å²) in [5.74, 6) is -0.366. The van der Waals surface area contributed by atoms with Crippen LogP contribution in [0.1, 0.15) is 18.1 Å². The molecule has 136 valence electrons. The van der Waals surface area contributed by atoms with Gasteiger partial charge in [0.1, 0.15) is 6.54 Å². The first-order chi connectivity index (χ1) is 13.2. The molecule has 0 unspecified atom stereocenters. The number of carbonyl (C=O) groups is 1. The van der Waals surface area contributed by atoms with E-state index in [1.165, 1.54) is 0 Å². The van der Waals surface area contributed by atoms with E-state index in [9.17, 15) is 4.79 Å². The summed E-state index contributed by atoms with van der Waals surface area (Å²) in [7, 11) is 0. The molecule has 6 heteroatoms. The third kappa shape index (κ3) is 4.77. The highest BCUT2D eigenvalue weighted by molar-refractivity contribution is 6.29. The highest BCUT2D eigenvalue weighted by Gasteiger charge is 2.15. The van der Waals surface area contributed by atoms with E-state index in [-0.39, 0.29) is 12.5 Å². The lowest BCUT2D eigenvalue weighted by molar-refractivity contribution is -0.141. The molecule has 0 aliphatic carbocycles. The lowest BCUT2D eigenvalue weighted by Crippen LogP contribution is -2.12. The summed E-state index contributed by atoms with van der Waals surface area (Å²) in [4.78, 5) is 16.4. The maximum Gasteiger partial charge on any atom is 0.327 e. The molecular formula is C21H18ClN3O2. The van der Waals surface area contributed by atoms with Crippen LogP contribution < -0.4 is 0 Å². The van der Waals surface area contributed by atoms with Gasteiger partial charge in [-0.15, -0.1) is 10.2 Å². The molecule has 1 heterocycles. The van der Waals surface area contributed by atoms with Gasteiger partial charge in [0.05, 0.1) is 18.0 Å². The lowest BCUT2D eigenvalue weighted by Gasteiger charge is -2.12. The van der Waals surface area contributed by atoms with Crippen LogP contribution in [0, 0.1) is 0 Å². The standard InChI is InChI=1S/C21H18ClN3O2/c1-2-27-20(26)14-23-21(15-8-4-3-5-9-15)17-11-7-6-10-16(17)18-12-13-19(22)25-24-18/h3-13H,2,14H2,1H3. The van der Waals surface area contributed by atoms with Crippen molar-refractivity contribution in [2.45, 2.75) is 6.92 Å². The average molecular weight is 380 g/mol. The van der Waals surface area contributed by atoms with Crippen LogP contribution in [0.3, 0.4) is 0 Å². The summed E-state index contributed by atoms with van der Waals surface area (Å²) in [6.07, 6.45) is 0. The van der Waals surface area contributed by atoms with E-state index in [0.29, 0.717) is 23.2 Å². The van der Waals surface area contributed by atoms with Crippen molar-refractivity contribution in [3.05, 3.63) is 83.0 Å². The Kier molecular flexibility index (Phi) is 6.28. The Labute approximate surface area is 162 Å². The van der Waals surface area contributed by atoms with Gasteiger partial charge in [0.25, 0.3) is 0 Å². The normalized spacial score (nSPS) is 11.3. The number of aromatic nitrogens is 2. The molecule has 0 aliphatic heterocycles. The second-order valence-corrected chi connectivity index (χ2v) is 6.01. The van der Waals surface area contributed by atoms with E-state index in [4.69, 9.17) is 16.3 Å². The molecule has 0 bridgehead atoms. The summed E-state index contributed by atoms with van der Waals surface area (Å²) >= 11 is 5.86. The second-order valence-electron chi connectivity index (χ2n) is 5.62. The number of benzene rings is 2. The zero-order valence-corrected chi connectivity index (χ0v) is 15.6. The maximum atomic E-state index is 11.8. The minimum absolute atomic E-state index is 0.0568. The predicted molar refractivity (Wildman–Crippen MR) is 106 cm³/mol. The molecule has 0 N–H and O–H groups in total. The van der Waals surface area contributed by atoms with Gasteiger partial charge in [-0.2, -0.15) is 0 Å². The summed E-state index contributed by atoms with van der Waals surface area (Å²) in [6.45, 7) is 2.04. The van der Waals surface area contributed by atoms with Crippen LogP contribution >= 0.6 is 11.6 Å². The van der Waals surface area contributed by atoms with Crippen LogP contribution in [0.15, 0.2) is 71.7 Å². The number of nitrogens with zero attached hydrogens (tertiary/aromatic N) is 3. The number of rotatable bonds is 6. The molecule has 0 aliphatic rings. The Morgan fingerprint density at radius 2 is 1.74 bits per heavy atom. The van der Waals surface area contributed by atoms with E-state index in [1.807, 2.05) is 60.7 Å². The minimum Gasteiger partial charge on any atom is -0.465 e. The molecule has 0 radical (unpaired) electrons. The highest BCUT2D eigenvalue weighted by Crippen LogP contribution is 2.25. The Hall–Kier alpha value is -3.05. The lowest BCUT2D eigenvalue weighted by atomic mass is 9.95. The molecule has 0 spiro atoms. The van der Waals surface area contributed by atoms with Gasteiger partial charge < -0.3 is 4.74 Å². The first-order valence-electron chi connectivity index (χ1n) is 8.53. The van der Waals surface area contributed by atoms with Crippen molar-refractivity contribution in [1.82, 2.24) is 10.2 Å². The van der Waals surface area contributed by atoms with Crippen LogP contribution in [-0.4, -0.2) is 35.0 Å². The van der Waals surface area contributed by atoms with Crippen molar-refractivity contribution in [3.63, 3.8) is 0 Å². The highest BCUT2D eigenvalue weighted by atomic mass is 35.5. The number of aliphatic imine (C=N–C) groups is 1. The zero-order chi connectivity index (χ0) is 19.1. The SMILES string of the molecule is CCOC(=O)CN=C(c1ccccc1)c1ccccc1-c1ccc(Cl)nn1. The molecule has 3 rings (SSSR count). The maximum absolute atomic E-state index is 11.8. The van der Waals surface area contributed by atoms with Gasteiger partial charge in [-0.25, -0.2) is 0 Å². The summed E-state index contributed by atoms with van der Waals surface area (Å²) in [6, 6.07) is 20.9. The quantitative estimate of drug-likeness (QED) is 0.475. The van der Waals surface area contributed by atoms with Gasteiger partial charge >= 0.3 is 5.97 Å². The second kappa shape index (κ2) is 9.05. The smallest absolute Gasteiger partial charge is 0.327 e. The van der Waals surface area contributed by atoms with Crippen molar-refractivity contribution < 1.29 is 9.53 Å². The fourth-order valence-electron chi connectivity index (χ4n) is 2.65. The Morgan fingerprint density at radius 3 is 2.44 bits per heavy atom. The molecule has 0 saturated heterocycles.